The quantitative estimate of drug-likeness (QED) is 0.876. The van der Waals surface area contributed by atoms with E-state index >= 15 is 0 Å². The summed E-state index contributed by atoms with van der Waals surface area (Å²) in [6, 6.07) is 8.50. The number of para-hydroxylation sites is 1. The van der Waals surface area contributed by atoms with Gasteiger partial charge in [-0.05, 0) is 31.7 Å². The van der Waals surface area contributed by atoms with Crippen LogP contribution in [0.1, 0.15) is 55.6 Å². The van der Waals surface area contributed by atoms with E-state index in [0.717, 1.165) is 16.5 Å². The number of nitrogens with zero attached hydrogens (tertiary/aromatic N) is 1. The maximum atomic E-state index is 11.8. The maximum absolute atomic E-state index is 11.8. The molecule has 0 aliphatic heterocycles. The highest BCUT2D eigenvalue weighted by molar-refractivity contribution is 5.98. The number of fused-ring (bicyclic) bond motifs is 1. The summed E-state index contributed by atoms with van der Waals surface area (Å²) in [7, 11) is 0. The molecular weight excluding hydrogens is 288 g/mol. The van der Waals surface area contributed by atoms with Crippen molar-refractivity contribution in [3.63, 3.8) is 0 Å². The van der Waals surface area contributed by atoms with Crippen molar-refractivity contribution in [2.75, 3.05) is 0 Å². The van der Waals surface area contributed by atoms with Crippen LogP contribution < -0.4 is 5.32 Å². The van der Waals surface area contributed by atoms with Gasteiger partial charge in [0.2, 0.25) is 0 Å². The molecule has 4 heteroatoms. The van der Waals surface area contributed by atoms with Crippen molar-refractivity contribution in [2.45, 2.75) is 58.7 Å². The number of aromatic nitrogens is 1. The second-order valence-electron chi connectivity index (χ2n) is 6.64. The van der Waals surface area contributed by atoms with E-state index in [-0.39, 0.29) is 0 Å². The summed E-state index contributed by atoms with van der Waals surface area (Å²) in [5, 5.41) is 14.4. The molecule has 0 spiro atoms. The maximum Gasteiger partial charge on any atom is 0.352 e. The van der Waals surface area contributed by atoms with Crippen molar-refractivity contribution in [2.24, 2.45) is 5.92 Å². The summed E-state index contributed by atoms with van der Waals surface area (Å²) in [5.41, 5.74) is 2.37. The van der Waals surface area contributed by atoms with Gasteiger partial charge in [0.05, 0.1) is 0 Å². The lowest BCUT2D eigenvalue weighted by molar-refractivity contribution is 0.0684. The van der Waals surface area contributed by atoms with Crippen molar-refractivity contribution < 1.29 is 9.90 Å². The Balaban J connectivity index is 1.95. The monoisotopic (exact) mass is 314 g/mol. The molecule has 1 heterocycles. The van der Waals surface area contributed by atoms with Crippen LogP contribution in [0.15, 0.2) is 24.3 Å². The molecule has 1 aliphatic carbocycles. The van der Waals surface area contributed by atoms with Crippen LogP contribution in [0.2, 0.25) is 0 Å². The third kappa shape index (κ3) is 3.00. The molecule has 1 aromatic heterocycles. The zero-order valence-electron chi connectivity index (χ0n) is 14.0. The second kappa shape index (κ2) is 6.75. The molecule has 2 N–H and O–H groups in total. The van der Waals surface area contributed by atoms with E-state index < -0.39 is 5.97 Å². The largest absolute Gasteiger partial charge is 0.477 e. The van der Waals surface area contributed by atoms with Gasteiger partial charge in [0.15, 0.2) is 0 Å². The number of nitrogens with one attached hydrogen (secondary N) is 1. The first-order valence-electron chi connectivity index (χ1n) is 8.70. The molecule has 0 saturated heterocycles. The minimum atomic E-state index is -0.837. The van der Waals surface area contributed by atoms with Gasteiger partial charge in [-0.1, -0.05) is 38.0 Å². The van der Waals surface area contributed by atoms with Crippen LogP contribution >= 0.6 is 0 Å². The van der Waals surface area contributed by atoms with E-state index in [9.17, 15) is 9.90 Å². The average Bonchev–Trinajstić information content (AvgIpc) is 2.88. The number of carboxylic acids is 1. The van der Waals surface area contributed by atoms with Gasteiger partial charge < -0.3 is 15.0 Å². The van der Waals surface area contributed by atoms with Crippen LogP contribution in [0.5, 0.6) is 0 Å². The van der Waals surface area contributed by atoms with Gasteiger partial charge in [0.25, 0.3) is 0 Å². The highest BCUT2D eigenvalue weighted by Gasteiger charge is 2.24. The van der Waals surface area contributed by atoms with E-state index in [2.05, 4.69) is 12.2 Å². The third-order valence-corrected chi connectivity index (χ3v) is 5.25. The Labute approximate surface area is 137 Å². The minimum Gasteiger partial charge on any atom is -0.477 e. The summed E-state index contributed by atoms with van der Waals surface area (Å²) >= 11 is 0. The fraction of sp³-hybridized carbons (Fsp3) is 0.526. The minimum absolute atomic E-state index is 0.435. The number of hydrogen-bond donors (Lipinski definition) is 2. The first kappa shape index (κ1) is 16.1. The normalized spacial score (nSPS) is 21.7. The Morgan fingerprint density at radius 1 is 1.30 bits per heavy atom. The van der Waals surface area contributed by atoms with Crippen molar-refractivity contribution in [1.82, 2.24) is 9.88 Å². The van der Waals surface area contributed by atoms with Crippen LogP contribution in [0.25, 0.3) is 10.9 Å². The van der Waals surface area contributed by atoms with Crippen molar-refractivity contribution >= 4 is 16.9 Å². The average molecular weight is 314 g/mol. The number of carbonyl (C=O) groups is 1. The predicted octanol–water partition coefficient (Wildman–Crippen LogP) is 4.03. The molecule has 23 heavy (non-hydrogen) atoms. The fourth-order valence-electron chi connectivity index (χ4n) is 3.98. The second-order valence-corrected chi connectivity index (χ2v) is 6.64. The third-order valence-electron chi connectivity index (χ3n) is 5.25. The first-order chi connectivity index (χ1) is 11.1. The van der Waals surface area contributed by atoms with Crippen molar-refractivity contribution in [1.29, 1.82) is 0 Å². The van der Waals surface area contributed by atoms with Crippen LogP contribution in [-0.2, 0) is 13.1 Å². The summed E-state index contributed by atoms with van der Waals surface area (Å²) in [5.74, 6) is -0.173. The molecule has 2 aromatic rings. The van der Waals surface area contributed by atoms with Crippen LogP contribution in [0.4, 0.5) is 0 Å². The fourth-order valence-corrected chi connectivity index (χ4v) is 3.98. The molecule has 1 fully saturated rings. The standard InChI is InChI=1S/C19H26N2O2/c1-3-21-17-11-7-5-9-14(17)15(18(21)19(22)23)12-20-16-10-6-4-8-13(16)2/h5,7,9,11,13,16,20H,3-4,6,8,10,12H2,1-2H3,(H,22,23). The highest BCUT2D eigenvalue weighted by Crippen LogP contribution is 2.28. The molecule has 1 saturated carbocycles. The number of aryl methyl sites for hydroxylation is 1. The molecule has 2 atom stereocenters. The molecule has 1 aliphatic rings. The van der Waals surface area contributed by atoms with Crippen LogP contribution in [0, 0.1) is 5.92 Å². The summed E-state index contributed by atoms with van der Waals surface area (Å²) in [4.78, 5) is 11.8. The predicted molar refractivity (Wildman–Crippen MR) is 92.8 cm³/mol. The highest BCUT2D eigenvalue weighted by atomic mass is 16.4. The Morgan fingerprint density at radius 2 is 2.04 bits per heavy atom. The van der Waals surface area contributed by atoms with Gasteiger partial charge in [-0.15, -0.1) is 0 Å². The Morgan fingerprint density at radius 3 is 2.74 bits per heavy atom. The topological polar surface area (TPSA) is 54.3 Å². The molecule has 124 valence electrons. The van der Waals surface area contributed by atoms with Gasteiger partial charge in [-0.25, -0.2) is 4.79 Å². The smallest absolute Gasteiger partial charge is 0.352 e. The van der Waals surface area contributed by atoms with Gasteiger partial charge in [-0.3, -0.25) is 0 Å². The molecule has 0 radical (unpaired) electrons. The van der Waals surface area contributed by atoms with Gasteiger partial charge in [0.1, 0.15) is 5.69 Å². The Hall–Kier alpha value is -1.81. The van der Waals surface area contributed by atoms with Gasteiger partial charge in [-0.2, -0.15) is 0 Å². The number of rotatable bonds is 5. The zero-order valence-corrected chi connectivity index (χ0v) is 14.0. The number of hydrogen-bond acceptors (Lipinski definition) is 2. The van der Waals surface area contributed by atoms with E-state index in [1.807, 2.05) is 35.8 Å². The molecule has 4 nitrogen and oxygen atoms in total. The van der Waals surface area contributed by atoms with Gasteiger partial charge in [0, 0.05) is 35.6 Å². The molecule has 0 bridgehead atoms. The van der Waals surface area contributed by atoms with Crippen molar-refractivity contribution in [3.05, 3.63) is 35.5 Å². The Bertz CT molecular complexity index is 705. The number of carboxylic acid groups (broad SMARTS) is 1. The lowest BCUT2D eigenvalue weighted by Gasteiger charge is -2.29. The van der Waals surface area contributed by atoms with E-state index in [1.165, 1.54) is 25.7 Å². The lowest BCUT2D eigenvalue weighted by atomic mass is 9.86. The Kier molecular flexibility index (Phi) is 4.71. The van der Waals surface area contributed by atoms with E-state index in [0.29, 0.717) is 30.7 Å². The van der Waals surface area contributed by atoms with E-state index in [1.54, 1.807) is 0 Å². The van der Waals surface area contributed by atoms with Crippen LogP contribution in [0.3, 0.4) is 0 Å². The lowest BCUT2D eigenvalue weighted by Crippen LogP contribution is -2.37. The molecule has 1 aromatic carbocycles. The number of aromatic carboxylic acids is 1. The summed E-state index contributed by atoms with van der Waals surface area (Å²) in [6.45, 7) is 5.59. The molecule has 3 rings (SSSR count). The van der Waals surface area contributed by atoms with Crippen LogP contribution in [-0.4, -0.2) is 21.7 Å². The molecular formula is C19H26N2O2. The SMILES string of the molecule is CCn1c(C(=O)O)c(CNC2CCCCC2C)c2ccccc21. The zero-order chi connectivity index (χ0) is 16.4. The first-order valence-corrected chi connectivity index (χ1v) is 8.70. The van der Waals surface area contributed by atoms with Crippen molar-refractivity contribution in [3.8, 4) is 0 Å². The summed E-state index contributed by atoms with van der Waals surface area (Å²) < 4.78 is 1.92. The molecule has 2 unspecified atom stereocenters. The molecule has 0 amide bonds. The van der Waals surface area contributed by atoms with E-state index in [4.69, 9.17) is 0 Å². The number of benzene rings is 1. The summed E-state index contributed by atoms with van der Waals surface area (Å²) in [6.07, 6.45) is 5.04. The van der Waals surface area contributed by atoms with Gasteiger partial charge >= 0.3 is 5.97 Å².